The van der Waals surface area contributed by atoms with E-state index in [9.17, 15) is 14.7 Å². The lowest BCUT2D eigenvalue weighted by Crippen LogP contribution is -2.45. The number of hydrogen-bond donors (Lipinski definition) is 1. The highest BCUT2D eigenvalue weighted by Gasteiger charge is 2.39. The van der Waals surface area contributed by atoms with Crippen molar-refractivity contribution >= 4 is 11.9 Å². The Morgan fingerprint density at radius 2 is 1.71 bits per heavy atom. The molecule has 4 heteroatoms. The predicted molar refractivity (Wildman–Crippen MR) is 84.1 cm³/mol. The Balaban J connectivity index is 2.86. The van der Waals surface area contributed by atoms with Gasteiger partial charge in [0.15, 0.2) is 0 Å². The number of rotatable bonds is 8. The van der Waals surface area contributed by atoms with Crippen molar-refractivity contribution in [2.45, 2.75) is 78.7 Å². The first-order valence-electron chi connectivity index (χ1n) is 8.39. The van der Waals surface area contributed by atoms with E-state index in [1.165, 1.54) is 12.8 Å². The van der Waals surface area contributed by atoms with Gasteiger partial charge in [-0.3, -0.25) is 9.59 Å². The van der Waals surface area contributed by atoms with Crippen LogP contribution in [0, 0.1) is 11.3 Å². The Bertz CT molecular complexity index is 355. The number of nitrogens with zero attached hydrogens (tertiary/aromatic N) is 1. The standard InChI is InChI=1S/C17H31NO3/c1-5-17(6-2,16(20)21)11-15(19)18(12-13(3)4)14-9-7-8-10-14/h13-14H,5-12H2,1-4H3,(H,20,21). The second-order valence-corrected chi connectivity index (χ2v) is 6.85. The highest BCUT2D eigenvalue weighted by atomic mass is 16.4. The summed E-state index contributed by atoms with van der Waals surface area (Å²) in [7, 11) is 0. The second kappa shape index (κ2) is 7.81. The molecule has 0 aromatic rings. The van der Waals surface area contributed by atoms with Crippen molar-refractivity contribution in [1.82, 2.24) is 4.90 Å². The highest BCUT2D eigenvalue weighted by Crippen LogP contribution is 2.33. The van der Waals surface area contributed by atoms with Gasteiger partial charge < -0.3 is 10.0 Å². The highest BCUT2D eigenvalue weighted by molar-refractivity contribution is 5.85. The molecule has 0 saturated heterocycles. The number of carboxylic acids is 1. The Labute approximate surface area is 128 Å². The fourth-order valence-corrected chi connectivity index (χ4v) is 3.33. The zero-order chi connectivity index (χ0) is 16.0. The smallest absolute Gasteiger partial charge is 0.310 e. The molecule has 0 spiro atoms. The van der Waals surface area contributed by atoms with Gasteiger partial charge in [0.2, 0.25) is 5.91 Å². The lowest BCUT2D eigenvalue weighted by atomic mass is 9.78. The van der Waals surface area contributed by atoms with E-state index in [1.807, 2.05) is 18.7 Å². The Morgan fingerprint density at radius 3 is 2.10 bits per heavy atom. The maximum Gasteiger partial charge on any atom is 0.310 e. The molecule has 0 bridgehead atoms. The molecule has 0 radical (unpaired) electrons. The average molecular weight is 297 g/mol. The predicted octanol–water partition coefficient (Wildman–Crippen LogP) is 3.69. The molecular formula is C17H31NO3. The van der Waals surface area contributed by atoms with E-state index in [0.717, 1.165) is 19.4 Å². The molecule has 1 rings (SSSR count). The van der Waals surface area contributed by atoms with Crippen LogP contribution in [0.25, 0.3) is 0 Å². The molecule has 1 saturated carbocycles. The van der Waals surface area contributed by atoms with Crippen molar-refractivity contribution in [1.29, 1.82) is 0 Å². The van der Waals surface area contributed by atoms with Gasteiger partial charge in [-0.15, -0.1) is 0 Å². The molecule has 0 atom stereocenters. The van der Waals surface area contributed by atoms with Gasteiger partial charge >= 0.3 is 5.97 Å². The third kappa shape index (κ3) is 4.45. The number of amides is 1. The molecule has 0 heterocycles. The van der Waals surface area contributed by atoms with Gasteiger partial charge in [0.1, 0.15) is 0 Å². The quantitative estimate of drug-likeness (QED) is 0.743. The average Bonchev–Trinajstić information content (AvgIpc) is 2.95. The maximum atomic E-state index is 12.8. The molecule has 122 valence electrons. The van der Waals surface area contributed by atoms with Gasteiger partial charge in [-0.25, -0.2) is 0 Å². The molecule has 1 N–H and O–H groups in total. The van der Waals surface area contributed by atoms with Gasteiger partial charge in [-0.1, -0.05) is 40.5 Å². The van der Waals surface area contributed by atoms with Crippen molar-refractivity contribution in [2.75, 3.05) is 6.54 Å². The molecule has 4 nitrogen and oxygen atoms in total. The number of aliphatic carboxylic acids is 1. The number of carbonyl (C=O) groups is 2. The van der Waals surface area contributed by atoms with Crippen molar-refractivity contribution in [3.05, 3.63) is 0 Å². The fraction of sp³-hybridized carbons (Fsp3) is 0.882. The molecule has 0 aliphatic heterocycles. The molecule has 1 aliphatic rings. The topological polar surface area (TPSA) is 57.6 Å². The summed E-state index contributed by atoms with van der Waals surface area (Å²) >= 11 is 0. The summed E-state index contributed by atoms with van der Waals surface area (Å²) in [4.78, 5) is 26.4. The fourth-order valence-electron chi connectivity index (χ4n) is 3.33. The molecule has 0 unspecified atom stereocenters. The minimum atomic E-state index is -0.898. The maximum absolute atomic E-state index is 12.8. The summed E-state index contributed by atoms with van der Waals surface area (Å²) in [5.74, 6) is -0.393. The SMILES string of the molecule is CCC(CC)(CC(=O)N(CC(C)C)C1CCCC1)C(=O)O. The van der Waals surface area contributed by atoms with Crippen LogP contribution in [0.15, 0.2) is 0 Å². The Kier molecular flexibility index (Phi) is 6.69. The first kappa shape index (κ1) is 18.0. The minimum absolute atomic E-state index is 0.0294. The van der Waals surface area contributed by atoms with E-state index in [4.69, 9.17) is 0 Å². The van der Waals surface area contributed by atoms with E-state index >= 15 is 0 Å². The zero-order valence-corrected chi connectivity index (χ0v) is 14.0. The van der Waals surface area contributed by atoms with Crippen LogP contribution >= 0.6 is 0 Å². The molecular weight excluding hydrogens is 266 g/mol. The number of carbonyl (C=O) groups excluding carboxylic acids is 1. The largest absolute Gasteiger partial charge is 0.481 e. The van der Waals surface area contributed by atoms with Gasteiger partial charge in [-0.05, 0) is 31.6 Å². The molecule has 0 aromatic heterocycles. The summed E-state index contributed by atoms with van der Waals surface area (Å²) < 4.78 is 0. The van der Waals surface area contributed by atoms with Gasteiger partial charge in [0.05, 0.1) is 5.41 Å². The Morgan fingerprint density at radius 1 is 1.19 bits per heavy atom. The summed E-state index contributed by atoms with van der Waals surface area (Å²) in [6.45, 7) is 8.70. The number of hydrogen-bond acceptors (Lipinski definition) is 2. The van der Waals surface area contributed by atoms with Crippen molar-refractivity contribution in [2.24, 2.45) is 11.3 Å². The van der Waals surface area contributed by atoms with Crippen molar-refractivity contribution < 1.29 is 14.7 Å². The number of carboxylic acid groups (broad SMARTS) is 1. The summed E-state index contributed by atoms with van der Waals surface area (Å²) in [5.41, 5.74) is -0.898. The van der Waals surface area contributed by atoms with E-state index in [0.29, 0.717) is 24.8 Å². The van der Waals surface area contributed by atoms with Crippen LogP contribution in [0.4, 0.5) is 0 Å². The van der Waals surface area contributed by atoms with E-state index < -0.39 is 11.4 Å². The van der Waals surface area contributed by atoms with Crippen molar-refractivity contribution in [3.8, 4) is 0 Å². The molecule has 0 aromatic carbocycles. The van der Waals surface area contributed by atoms with E-state index in [-0.39, 0.29) is 12.3 Å². The lowest BCUT2D eigenvalue weighted by molar-refractivity contribution is -0.155. The third-order valence-corrected chi connectivity index (χ3v) is 4.94. The monoisotopic (exact) mass is 297 g/mol. The van der Waals surface area contributed by atoms with Crippen LogP contribution in [0.3, 0.4) is 0 Å². The van der Waals surface area contributed by atoms with Crippen LogP contribution in [0.1, 0.15) is 72.6 Å². The van der Waals surface area contributed by atoms with Gasteiger partial charge in [0, 0.05) is 19.0 Å². The van der Waals surface area contributed by atoms with Crippen LogP contribution < -0.4 is 0 Å². The first-order valence-corrected chi connectivity index (χ1v) is 8.39. The molecule has 1 amide bonds. The van der Waals surface area contributed by atoms with Crippen molar-refractivity contribution in [3.63, 3.8) is 0 Å². The molecule has 1 aliphatic carbocycles. The lowest BCUT2D eigenvalue weighted by Gasteiger charge is -2.34. The van der Waals surface area contributed by atoms with Crippen LogP contribution in [0.5, 0.6) is 0 Å². The zero-order valence-electron chi connectivity index (χ0n) is 14.0. The van der Waals surface area contributed by atoms with Gasteiger partial charge in [0.25, 0.3) is 0 Å². The van der Waals surface area contributed by atoms with E-state index in [1.54, 1.807) is 0 Å². The minimum Gasteiger partial charge on any atom is -0.481 e. The van der Waals surface area contributed by atoms with Crippen LogP contribution in [0.2, 0.25) is 0 Å². The normalized spacial score (nSPS) is 16.4. The van der Waals surface area contributed by atoms with E-state index in [2.05, 4.69) is 13.8 Å². The summed E-state index contributed by atoms with van der Waals surface area (Å²) in [6.07, 6.45) is 5.64. The summed E-state index contributed by atoms with van der Waals surface area (Å²) in [6, 6.07) is 0.320. The third-order valence-electron chi connectivity index (χ3n) is 4.94. The molecule has 1 fully saturated rings. The van der Waals surface area contributed by atoms with Crippen LogP contribution in [-0.4, -0.2) is 34.5 Å². The Hall–Kier alpha value is -1.06. The first-order chi connectivity index (χ1) is 9.86. The molecule has 21 heavy (non-hydrogen) atoms. The second-order valence-electron chi connectivity index (χ2n) is 6.85. The van der Waals surface area contributed by atoms with Gasteiger partial charge in [-0.2, -0.15) is 0 Å². The van der Waals surface area contributed by atoms with Crippen LogP contribution in [-0.2, 0) is 9.59 Å². The summed E-state index contributed by atoms with van der Waals surface area (Å²) in [5, 5.41) is 9.53.